The van der Waals surface area contributed by atoms with Gasteiger partial charge in [0.25, 0.3) is 5.91 Å². The van der Waals surface area contributed by atoms with Crippen molar-refractivity contribution >= 4 is 55.9 Å². The molecule has 1 aliphatic heterocycles. The fourth-order valence-electron chi connectivity index (χ4n) is 3.05. The molecule has 5 rings (SSSR count). The molecule has 0 spiro atoms. The van der Waals surface area contributed by atoms with E-state index in [2.05, 4.69) is 37.0 Å². The van der Waals surface area contributed by atoms with Crippen LogP contribution in [0.15, 0.2) is 71.2 Å². The van der Waals surface area contributed by atoms with Gasteiger partial charge < -0.3 is 16.0 Å². The standard InChI is InChI=1S/C20H13BrClN7O/c21-14-3-1-2-13-16(14)26-20(25-15-10-23-8-9-24-19(15)30)29-18(13)27-17(28-29)11-4-6-12(22)7-5-11/h1-10,23H,(H,24,30)(H,25,26). The van der Waals surface area contributed by atoms with Crippen molar-refractivity contribution in [2.45, 2.75) is 0 Å². The summed E-state index contributed by atoms with van der Waals surface area (Å²) in [5, 5.41) is 14.7. The molecule has 0 fully saturated rings. The molecule has 1 aliphatic rings. The Hall–Kier alpha value is -3.43. The van der Waals surface area contributed by atoms with E-state index in [0.29, 0.717) is 28.0 Å². The van der Waals surface area contributed by atoms with Crippen molar-refractivity contribution in [1.82, 2.24) is 30.2 Å². The average molecular weight is 483 g/mol. The largest absolute Gasteiger partial charge is 0.364 e. The number of hydrogen-bond donors (Lipinski definition) is 3. The van der Waals surface area contributed by atoms with Gasteiger partial charge in [0.15, 0.2) is 11.5 Å². The van der Waals surface area contributed by atoms with Crippen LogP contribution in [0.1, 0.15) is 0 Å². The van der Waals surface area contributed by atoms with E-state index in [4.69, 9.17) is 21.6 Å². The molecule has 10 heteroatoms. The summed E-state index contributed by atoms with van der Waals surface area (Å²) in [6.07, 6.45) is 4.68. The Morgan fingerprint density at radius 1 is 1.07 bits per heavy atom. The van der Waals surface area contributed by atoms with Crippen molar-refractivity contribution < 1.29 is 4.79 Å². The van der Waals surface area contributed by atoms with E-state index < -0.39 is 0 Å². The zero-order valence-corrected chi connectivity index (χ0v) is 17.6. The van der Waals surface area contributed by atoms with Gasteiger partial charge in [-0.25, -0.2) is 9.97 Å². The Bertz CT molecular complexity index is 1360. The number of halogens is 2. The zero-order chi connectivity index (χ0) is 20.7. The highest BCUT2D eigenvalue weighted by molar-refractivity contribution is 9.10. The number of amides is 1. The lowest BCUT2D eigenvalue weighted by atomic mass is 10.2. The van der Waals surface area contributed by atoms with Crippen LogP contribution in [0.3, 0.4) is 0 Å². The van der Waals surface area contributed by atoms with Gasteiger partial charge >= 0.3 is 0 Å². The van der Waals surface area contributed by atoms with Crippen LogP contribution in [0, 0.1) is 0 Å². The third-order valence-electron chi connectivity index (χ3n) is 4.47. The number of rotatable bonds is 3. The highest BCUT2D eigenvalue weighted by atomic mass is 79.9. The van der Waals surface area contributed by atoms with Gasteiger partial charge in [-0.15, -0.1) is 5.10 Å². The topological polar surface area (TPSA) is 96.2 Å². The number of anilines is 1. The van der Waals surface area contributed by atoms with Crippen LogP contribution in [-0.2, 0) is 4.79 Å². The Balaban J connectivity index is 1.72. The van der Waals surface area contributed by atoms with Crippen molar-refractivity contribution in [3.8, 4) is 11.4 Å². The van der Waals surface area contributed by atoms with Gasteiger partial charge in [0.1, 0.15) is 5.70 Å². The number of carbonyl (C=O) groups is 1. The fraction of sp³-hybridized carbons (Fsp3) is 0. The molecule has 2 aromatic carbocycles. The van der Waals surface area contributed by atoms with Crippen molar-refractivity contribution in [2.75, 3.05) is 5.32 Å². The lowest BCUT2D eigenvalue weighted by molar-refractivity contribution is -0.116. The second-order valence-corrected chi connectivity index (χ2v) is 7.70. The maximum Gasteiger partial charge on any atom is 0.273 e. The summed E-state index contributed by atoms with van der Waals surface area (Å²) < 4.78 is 2.39. The van der Waals surface area contributed by atoms with E-state index in [9.17, 15) is 4.79 Å². The Morgan fingerprint density at radius 3 is 2.73 bits per heavy atom. The maximum atomic E-state index is 12.3. The van der Waals surface area contributed by atoms with E-state index in [1.54, 1.807) is 29.0 Å². The smallest absolute Gasteiger partial charge is 0.273 e. The van der Waals surface area contributed by atoms with Gasteiger partial charge in [0.05, 0.1) is 5.52 Å². The van der Waals surface area contributed by atoms with Gasteiger partial charge in [-0.05, 0) is 52.3 Å². The number of carbonyl (C=O) groups excluding carboxylic acids is 1. The molecule has 3 N–H and O–H groups in total. The van der Waals surface area contributed by atoms with Crippen molar-refractivity contribution in [2.24, 2.45) is 0 Å². The second-order valence-electron chi connectivity index (χ2n) is 6.41. The van der Waals surface area contributed by atoms with Gasteiger partial charge in [-0.3, -0.25) is 4.79 Å². The lowest BCUT2D eigenvalue weighted by Crippen LogP contribution is -2.24. The zero-order valence-electron chi connectivity index (χ0n) is 15.2. The molecule has 2 aromatic heterocycles. The van der Waals surface area contributed by atoms with Gasteiger partial charge in [-0.2, -0.15) is 4.52 Å². The minimum absolute atomic E-state index is 0.281. The number of nitrogens with zero attached hydrogens (tertiary/aromatic N) is 4. The van der Waals surface area contributed by atoms with Crippen LogP contribution in [0.5, 0.6) is 0 Å². The number of benzene rings is 2. The molecule has 0 atom stereocenters. The Morgan fingerprint density at radius 2 is 1.90 bits per heavy atom. The van der Waals surface area contributed by atoms with Gasteiger partial charge in [-0.1, -0.05) is 17.7 Å². The summed E-state index contributed by atoms with van der Waals surface area (Å²) in [5.41, 5.74) is 2.40. The third kappa shape index (κ3) is 3.27. The molecular weight excluding hydrogens is 470 g/mol. The van der Waals surface area contributed by atoms with Crippen LogP contribution in [-0.4, -0.2) is 25.5 Å². The summed E-state index contributed by atoms with van der Waals surface area (Å²) in [7, 11) is 0. The molecule has 148 valence electrons. The quantitative estimate of drug-likeness (QED) is 0.411. The highest BCUT2D eigenvalue weighted by Gasteiger charge is 2.18. The molecule has 30 heavy (non-hydrogen) atoms. The molecule has 8 nitrogen and oxygen atoms in total. The molecular formula is C20H13BrClN7O. The Labute approximate surface area is 183 Å². The predicted octanol–water partition coefficient (Wildman–Crippen LogP) is 3.80. The van der Waals surface area contributed by atoms with Crippen LogP contribution in [0.25, 0.3) is 27.9 Å². The summed E-state index contributed by atoms with van der Waals surface area (Å²) in [6.45, 7) is 0. The molecule has 3 heterocycles. The first-order valence-corrected chi connectivity index (χ1v) is 10.1. The first-order chi connectivity index (χ1) is 14.6. The lowest BCUT2D eigenvalue weighted by Gasteiger charge is -2.11. The molecule has 4 aromatic rings. The van der Waals surface area contributed by atoms with Crippen molar-refractivity contribution in [3.05, 3.63) is 76.3 Å². The van der Waals surface area contributed by atoms with E-state index in [-0.39, 0.29) is 11.6 Å². The molecule has 0 aliphatic carbocycles. The minimum atomic E-state index is -0.309. The number of nitrogens with one attached hydrogen (secondary N) is 3. The monoisotopic (exact) mass is 481 g/mol. The summed E-state index contributed by atoms with van der Waals surface area (Å²) in [5.74, 6) is 0.557. The molecule has 0 unspecified atom stereocenters. The average Bonchev–Trinajstić information content (AvgIpc) is 3.10. The van der Waals surface area contributed by atoms with Gasteiger partial charge in [0, 0.05) is 39.0 Å². The Kier molecular flexibility index (Phi) is 4.61. The SMILES string of the molecule is O=C1NC=CNC=C1Nc1nc2c(Br)cccc2c2nc(-c3ccc(Cl)cc3)nn12. The van der Waals surface area contributed by atoms with Crippen molar-refractivity contribution in [3.63, 3.8) is 0 Å². The first-order valence-electron chi connectivity index (χ1n) is 8.90. The number of para-hydroxylation sites is 1. The number of fused-ring (bicyclic) bond motifs is 3. The van der Waals surface area contributed by atoms with Gasteiger partial charge in [0.2, 0.25) is 5.95 Å². The third-order valence-corrected chi connectivity index (χ3v) is 5.36. The second kappa shape index (κ2) is 7.43. The molecule has 0 bridgehead atoms. The van der Waals surface area contributed by atoms with Crippen LogP contribution >= 0.6 is 27.5 Å². The van der Waals surface area contributed by atoms with E-state index in [1.807, 2.05) is 30.3 Å². The van der Waals surface area contributed by atoms with Crippen molar-refractivity contribution in [1.29, 1.82) is 0 Å². The summed E-state index contributed by atoms with van der Waals surface area (Å²) in [6, 6.07) is 13.0. The van der Waals surface area contributed by atoms with Crippen LogP contribution < -0.4 is 16.0 Å². The minimum Gasteiger partial charge on any atom is -0.364 e. The summed E-state index contributed by atoms with van der Waals surface area (Å²) >= 11 is 9.56. The predicted molar refractivity (Wildman–Crippen MR) is 119 cm³/mol. The van der Waals surface area contributed by atoms with E-state index in [1.165, 1.54) is 6.20 Å². The number of hydrogen-bond acceptors (Lipinski definition) is 6. The normalized spacial score (nSPS) is 13.7. The van der Waals surface area contributed by atoms with Crippen LogP contribution in [0.2, 0.25) is 5.02 Å². The van der Waals surface area contributed by atoms with E-state index >= 15 is 0 Å². The molecule has 0 saturated heterocycles. The summed E-state index contributed by atoms with van der Waals surface area (Å²) in [4.78, 5) is 21.7. The molecule has 1 amide bonds. The van der Waals surface area contributed by atoms with E-state index in [0.717, 1.165) is 15.4 Å². The first kappa shape index (κ1) is 18.6. The molecule has 0 radical (unpaired) electrons. The number of aromatic nitrogens is 4. The van der Waals surface area contributed by atoms with Crippen LogP contribution in [0.4, 0.5) is 5.95 Å². The maximum absolute atomic E-state index is 12.3. The highest BCUT2D eigenvalue weighted by Crippen LogP contribution is 2.29. The molecule has 0 saturated carbocycles. The fourth-order valence-corrected chi connectivity index (χ4v) is 3.63.